The lowest BCUT2D eigenvalue weighted by atomic mass is 10.2. The number of benzene rings is 1. The summed E-state index contributed by atoms with van der Waals surface area (Å²) in [5.41, 5.74) is 0. The van der Waals surface area contributed by atoms with Gasteiger partial charge in [-0.05, 0) is 43.5 Å². The van der Waals surface area contributed by atoms with Crippen LogP contribution in [0.15, 0.2) is 43.0 Å². The topological polar surface area (TPSA) is 59.3 Å². The van der Waals surface area contributed by atoms with E-state index < -0.39 is 6.23 Å². The number of aryl methyl sites for hydroxylation is 1. The van der Waals surface area contributed by atoms with Gasteiger partial charge in [0.15, 0.2) is 0 Å². The van der Waals surface area contributed by atoms with Gasteiger partial charge in [-0.2, -0.15) is 0 Å². The van der Waals surface area contributed by atoms with Crippen LogP contribution in [0.4, 0.5) is 0 Å². The van der Waals surface area contributed by atoms with Gasteiger partial charge < -0.3 is 14.4 Å². The van der Waals surface area contributed by atoms with Gasteiger partial charge in [0, 0.05) is 30.5 Å². The van der Waals surface area contributed by atoms with Crippen LogP contribution in [0.5, 0.6) is 5.75 Å². The summed E-state index contributed by atoms with van der Waals surface area (Å²) in [7, 11) is 0. The largest absolute Gasteiger partial charge is 0.492 e. The van der Waals surface area contributed by atoms with Gasteiger partial charge in [-0.15, -0.1) is 24.8 Å². The maximum absolute atomic E-state index is 9.84. The minimum absolute atomic E-state index is 0. The van der Waals surface area contributed by atoms with Crippen molar-refractivity contribution in [2.75, 3.05) is 13.2 Å². The van der Waals surface area contributed by atoms with Gasteiger partial charge in [-0.3, -0.25) is 5.32 Å². The van der Waals surface area contributed by atoms with E-state index in [2.05, 4.69) is 10.3 Å². The fraction of sp³-hybridized carbons (Fsp3) is 0.438. The molecule has 2 rings (SSSR count). The molecule has 0 fully saturated rings. The Balaban J connectivity index is 0.00000264. The van der Waals surface area contributed by atoms with Crippen LogP contribution in [0.3, 0.4) is 0 Å². The van der Waals surface area contributed by atoms with Crippen LogP contribution < -0.4 is 10.1 Å². The lowest BCUT2D eigenvalue weighted by Gasteiger charge is -2.13. The minimum atomic E-state index is -0.489. The molecule has 2 aromatic rings. The fourth-order valence-corrected chi connectivity index (χ4v) is 2.20. The number of nitrogens with zero attached hydrogens (tertiary/aromatic N) is 2. The van der Waals surface area contributed by atoms with Gasteiger partial charge in [0.05, 0.1) is 6.33 Å². The molecule has 0 spiro atoms. The predicted octanol–water partition coefficient (Wildman–Crippen LogP) is 3.54. The Bertz CT molecular complexity index is 524. The van der Waals surface area contributed by atoms with Gasteiger partial charge in [-0.1, -0.05) is 11.6 Å². The number of nitrogens with one attached hydrogen (secondary N) is 1. The van der Waals surface area contributed by atoms with E-state index in [4.69, 9.17) is 16.3 Å². The summed E-state index contributed by atoms with van der Waals surface area (Å²) < 4.78 is 7.58. The summed E-state index contributed by atoms with van der Waals surface area (Å²) >= 11 is 5.80. The molecule has 0 saturated carbocycles. The second-order valence-corrected chi connectivity index (χ2v) is 5.51. The average molecular weight is 397 g/mol. The number of aromatic nitrogens is 2. The first-order chi connectivity index (χ1) is 10.7. The number of ether oxygens (including phenoxy) is 1. The highest BCUT2D eigenvalue weighted by molar-refractivity contribution is 6.30. The third kappa shape index (κ3) is 9.35. The number of hydrogen-bond donors (Lipinski definition) is 2. The van der Waals surface area contributed by atoms with Crippen LogP contribution in [-0.2, 0) is 6.54 Å². The number of aliphatic hydroxyl groups is 1. The fourth-order valence-electron chi connectivity index (χ4n) is 2.08. The van der Waals surface area contributed by atoms with Crippen molar-refractivity contribution in [2.45, 2.75) is 32.0 Å². The zero-order valence-electron chi connectivity index (χ0n) is 13.3. The molecule has 0 radical (unpaired) electrons. The summed E-state index contributed by atoms with van der Waals surface area (Å²) in [5, 5.41) is 13.6. The van der Waals surface area contributed by atoms with Crippen LogP contribution in [0, 0.1) is 0 Å². The van der Waals surface area contributed by atoms with Gasteiger partial charge in [0.25, 0.3) is 0 Å². The van der Waals surface area contributed by atoms with Gasteiger partial charge in [0.2, 0.25) is 0 Å². The van der Waals surface area contributed by atoms with Crippen LogP contribution in [-0.4, -0.2) is 34.0 Å². The number of rotatable bonds is 10. The van der Waals surface area contributed by atoms with Gasteiger partial charge in [0.1, 0.15) is 18.6 Å². The molecule has 24 heavy (non-hydrogen) atoms. The zero-order chi connectivity index (χ0) is 15.6. The number of imidazole rings is 1. The first kappa shape index (κ1) is 23.0. The molecule has 1 atom stereocenters. The molecule has 0 bridgehead atoms. The molecule has 0 aliphatic rings. The van der Waals surface area contributed by atoms with E-state index in [1.807, 2.05) is 29.2 Å². The maximum Gasteiger partial charge on any atom is 0.119 e. The van der Waals surface area contributed by atoms with E-state index >= 15 is 0 Å². The molecule has 1 aromatic heterocycles. The number of aliphatic hydroxyl groups excluding tert-OH is 1. The molecular weight excluding hydrogens is 373 g/mol. The Morgan fingerprint density at radius 1 is 1.21 bits per heavy atom. The lowest BCUT2D eigenvalue weighted by molar-refractivity contribution is 0.118. The molecule has 1 aromatic carbocycles. The lowest BCUT2D eigenvalue weighted by Crippen LogP contribution is -2.32. The standard InChI is InChI=1S/C16H22ClN3O2.2ClH/c17-14-4-6-15(7-5-14)22-12-9-19-16(21)3-1-2-10-20-11-8-18-13-20;;/h4-8,11,13,16,19,21H,1-3,9-10,12H2;2*1H. The van der Waals surface area contributed by atoms with Crippen LogP contribution in [0.2, 0.25) is 5.02 Å². The molecule has 5 nitrogen and oxygen atoms in total. The Morgan fingerprint density at radius 3 is 2.62 bits per heavy atom. The van der Waals surface area contributed by atoms with Crippen molar-refractivity contribution in [3.8, 4) is 5.75 Å². The SMILES string of the molecule is Cl.Cl.OC(CCCCn1ccnc1)NCCOc1ccc(Cl)cc1. The van der Waals surface area contributed by atoms with E-state index in [0.29, 0.717) is 18.2 Å². The summed E-state index contributed by atoms with van der Waals surface area (Å²) in [6, 6.07) is 7.24. The van der Waals surface area contributed by atoms with Crippen molar-refractivity contribution >= 4 is 36.4 Å². The highest BCUT2D eigenvalue weighted by Gasteiger charge is 2.03. The first-order valence-corrected chi connectivity index (χ1v) is 7.87. The maximum atomic E-state index is 9.84. The predicted molar refractivity (Wildman–Crippen MR) is 102 cm³/mol. The molecule has 8 heteroatoms. The quantitative estimate of drug-likeness (QED) is 0.476. The molecular formula is C16H24Cl3N3O2. The average Bonchev–Trinajstić information content (AvgIpc) is 3.03. The Morgan fingerprint density at radius 2 is 1.96 bits per heavy atom. The minimum Gasteiger partial charge on any atom is -0.492 e. The normalized spacial score (nSPS) is 11.2. The van der Waals surface area contributed by atoms with Crippen molar-refractivity contribution in [2.24, 2.45) is 0 Å². The molecule has 0 saturated heterocycles. The summed E-state index contributed by atoms with van der Waals surface area (Å²) in [6.07, 6.45) is 7.76. The summed E-state index contributed by atoms with van der Waals surface area (Å²) in [5.74, 6) is 0.779. The van der Waals surface area contributed by atoms with Gasteiger partial charge in [-0.25, -0.2) is 4.98 Å². The highest BCUT2D eigenvalue weighted by Crippen LogP contribution is 2.15. The molecule has 136 valence electrons. The molecule has 1 unspecified atom stereocenters. The molecule has 2 N–H and O–H groups in total. The summed E-state index contributed by atoms with van der Waals surface area (Å²) in [6.45, 7) is 2.05. The second kappa shape index (κ2) is 13.3. The van der Waals surface area contributed by atoms with E-state index in [0.717, 1.165) is 31.6 Å². The third-order valence-electron chi connectivity index (χ3n) is 3.27. The molecule has 0 aliphatic heterocycles. The molecule has 0 aliphatic carbocycles. The zero-order valence-corrected chi connectivity index (χ0v) is 15.7. The summed E-state index contributed by atoms with van der Waals surface area (Å²) in [4.78, 5) is 4.00. The van der Waals surface area contributed by atoms with Gasteiger partial charge >= 0.3 is 0 Å². The van der Waals surface area contributed by atoms with Crippen molar-refractivity contribution < 1.29 is 9.84 Å². The Labute approximate surface area is 160 Å². The molecule has 0 amide bonds. The first-order valence-electron chi connectivity index (χ1n) is 7.49. The monoisotopic (exact) mass is 395 g/mol. The van der Waals surface area contributed by atoms with Crippen molar-refractivity contribution in [1.82, 2.24) is 14.9 Å². The van der Waals surface area contributed by atoms with Crippen LogP contribution in [0.1, 0.15) is 19.3 Å². The smallest absolute Gasteiger partial charge is 0.119 e. The van der Waals surface area contributed by atoms with Crippen molar-refractivity contribution in [3.05, 3.63) is 48.0 Å². The van der Waals surface area contributed by atoms with Crippen LogP contribution >= 0.6 is 36.4 Å². The number of unbranched alkanes of at least 4 members (excludes halogenated alkanes) is 1. The number of hydrogen-bond acceptors (Lipinski definition) is 4. The van der Waals surface area contributed by atoms with Crippen LogP contribution in [0.25, 0.3) is 0 Å². The second-order valence-electron chi connectivity index (χ2n) is 5.07. The van der Waals surface area contributed by atoms with E-state index in [1.165, 1.54) is 0 Å². The Hall–Kier alpha value is -0.980. The van der Waals surface area contributed by atoms with E-state index in [-0.39, 0.29) is 24.8 Å². The Kier molecular flexibility index (Phi) is 12.8. The van der Waals surface area contributed by atoms with Crippen molar-refractivity contribution in [1.29, 1.82) is 0 Å². The van der Waals surface area contributed by atoms with E-state index in [1.54, 1.807) is 18.3 Å². The highest BCUT2D eigenvalue weighted by atomic mass is 35.5. The van der Waals surface area contributed by atoms with E-state index in [9.17, 15) is 5.11 Å². The third-order valence-corrected chi connectivity index (χ3v) is 3.52. The molecule has 1 heterocycles. The number of halogens is 3. The van der Waals surface area contributed by atoms with Crippen molar-refractivity contribution in [3.63, 3.8) is 0 Å².